The lowest BCUT2D eigenvalue weighted by atomic mass is 9.85. The highest BCUT2D eigenvalue weighted by atomic mass is 16.3. The van der Waals surface area contributed by atoms with Gasteiger partial charge in [0, 0.05) is 30.3 Å². The van der Waals surface area contributed by atoms with Crippen molar-refractivity contribution in [2.24, 2.45) is 0 Å². The Labute approximate surface area is 176 Å². The van der Waals surface area contributed by atoms with Crippen molar-refractivity contribution < 1.29 is 5.11 Å². The van der Waals surface area contributed by atoms with Crippen molar-refractivity contribution in [3.8, 4) is 28.3 Å². The van der Waals surface area contributed by atoms with Crippen molar-refractivity contribution in [2.45, 2.75) is 50.6 Å². The maximum atomic E-state index is 10.8. The van der Waals surface area contributed by atoms with E-state index < -0.39 is 0 Å². The number of aromatic nitrogens is 4. The second-order valence-electron chi connectivity index (χ2n) is 8.34. The van der Waals surface area contributed by atoms with Gasteiger partial charge < -0.3 is 15.7 Å². The van der Waals surface area contributed by atoms with Crippen LogP contribution in [-0.2, 0) is 0 Å². The number of phenolic OH excluding ortho intramolecular Hbond substituents is 1. The zero-order valence-corrected chi connectivity index (χ0v) is 17.3. The fourth-order valence-corrected chi connectivity index (χ4v) is 5.00. The molecule has 5 rings (SSSR count). The lowest BCUT2D eigenvalue weighted by Crippen LogP contribution is -2.37. The molecule has 1 unspecified atom stereocenters. The summed E-state index contributed by atoms with van der Waals surface area (Å²) < 4.78 is 0. The highest BCUT2D eigenvalue weighted by molar-refractivity contribution is 5.90. The molecular formula is C23H26N6O. The molecule has 2 aromatic heterocycles. The van der Waals surface area contributed by atoms with Gasteiger partial charge in [-0.1, -0.05) is 12.1 Å². The number of nitrogens with zero attached hydrogens (tertiary/aromatic N) is 4. The summed E-state index contributed by atoms with van der Waals surface area (Å²) in [7, 11) is 1.91. The number of phenols is 1. The van der Waals surface area contributed by atoms with Crippen molar-refractivity contribution in [3.05, 3.63) is 47.8 Å². The minimum absolute atomic E-state index is 0.156. The normalized spacial score (nSPS) is 22.8. The molecule has 2 bridgehead atoms. The number of aryl methyl sites for hydroxylation is 1. The van der Waals surface area contributed by atoms with Crippen LogP contribution in [0, 0.1) is 6.92 Å². The van der Waals surface area contributed by atoms with Crippen LogP contribution in [0.5, 0.6) is 5.75 Å². The molecule has 0 radical (unpaired) electrons. The van der Waals surface area contributed by atoms with E-state index >= 15 is 0 Å². The van der Waals surface area contributed by atoms with E-state index in [9.17, 15) is 5.11 Å². The van der Waals surface area contributed by atoms with Crippen molar-refractivity contribution in [2.75, 3.05) is 12.4 Å². The molecule has 154 valence electrons. The third kappa shape index (κ3) is 3.29. The van der Waals surface area contributed by atoms with Crippen molar-refractivity contribution >= 4 is 5.69 Å². The van der Waals surface area contributed by atoms with Gasteiger partial charge in [-0.2, -0.15) is 15.3 Å². The van der Waals surface area contributed by atoms with Gasteiger partial charge in [0.2, 0.25) is 0 Å². The lowest BCUT2D eigenvalue weighted by Gasteiger charge is -2.30. The van der Waals surface area contributed by atoms with Crippen molar-refractivity contribution in [1.82, 2.24) is 25.7 Å². The van der Waals surface area contributed by atoms with E-state index in [-0.39, 0.29) is 5.75 Å². The van der Waals surface area contributed by atoms with Gasteiger partial charge in [0.1, 0.15) is 11.4 Å². The Morgan fingerprint density at radius 2 is 1.83 bits per heavy atom. The van der Waals surface area contributed by atoms with Gasteiger partial charge in [0.15, 0.2) is 0 Å². The maximum absolute atomic E-state index is 10.8. The number of benzene rings is 1. The van der Waals surface area contributed by atoms with E-state index in [1.807, 2.05) is 44.4 Å². The molecule has 7 heteroatoms. The molecule has 3 atom stereocenters. The number of rotatable bonds is 4. The third-order valence-corrected chi connectivity index (χ3v) is 6.40. The SMILES string of the molecule is CNc1c(C2C[C@H]3CC[C@@H](C2)N3)cnnc1-c1c(O)cccc1-c1ccc(C)nn1. The monoisotopic (exact) mass is 402 g/mol. The first-order chi connectivity index (χ1) is 14.6. The first-order valence-electron chi connectivity index (χ1n) is 10.6. The summed E-state index contributed by atoms with van der Waals surface area (Å²) in [6, 6.07) is 10.4. The number of aromatic hydroxyl groups is 1. The molecule has 2 saturated heterocycles. The average molecular weight is 403 g/mol. The average Bonchev–Trinajstić information content (AvgIpc) is 3.11. The molecule has 2 aliphatic heterocycles. The van der Waals surface area contributed by atoms with E-state index in [0.29, 0.717) is 35.0 Å². The molecular weight excluding hydrogens is 376 g/mol. The quantitative estimate of drug-likeness (QED) is 0.613. The number of hydrogen-bond donors (Lipinski definition) is 3. The maximum Gasteiger partial charge on any atom is 0.125 e. The summed E-state index contributed by atoms with van der Waals surface area (Å²) in [6.07, 6.45) is 6.59. The van der Waals surface area contributed by atoms with Crippen LogP contribution in [-0.4, -0.2) is 44.6 Å². The summed E-state index contributed by atoms with van der Waals surface area (Å²) in [6.45, 7) is 1.90. The molecule has 30 heavy (non-hydrogen) atoms. The first kappa shape index (κ1) is 18.9. The molecule has 7 nitrogen and oxygen atoms in total. The topological polar surface area (TPSA) is 95.9 Å². The standard InChI is InChI=1S/C23H26N6O/c1-13-6-9-19(28-27-13)17-4-3-5-20(30)21(17)23-22(24-2)18(12-25-29-23)14-10-15-7-8-16(11-14)26-15/h3-6,9,12,14-16,26,30H,7-8,10-11H2,1-2H3,(H,24,25)/t14?,15-,16+. The second-order valence-corrected chi connectivity index (χ2v) is 8.34. The number of piperidine rings is 1. The largest absolute Gasteiger partial charge is 0.507 e. The fraction of sp³-hybridized carbons (Fsp3) is 0.391. The van der Waals surface area contributed by atoms with Gasteiger partial charge in [-0.3, -0.25) is 0 Å². The van der Waals surface area contributed by atoms with E-state index in [1.54, 1.807) is 6.07 Å². The highest BCUT2D eigenvalue weighted by Gasteiger charge is 2.35. The van der Waals surface area contributed by atoms with E-state index in [4.69, 9.17) is 0 Å². The van der Waals surface area contributed by atoms with Gasteiger partial charge in [-0.25, -0.2) is 0 Å². The van der Waals surface area contributed by atoms with Crippen molar-refractivity contribution in [1.29, 1.82) is 0 Å². The van der Waals surface area contributed by atoms with Crippen LogP contribution >= 0.6 is 0 Å². The zero-order valence-electron chi connectivity index (χ0n) is 17.3. The van der Waals surface area contributed by atoms with Gasteiger partial charge >= 0.3 is 0 Å². The van der Waals surface area contributed by atoms with Crippen LogP contribution in [0.3, 0.4) is 0 Å². The molecule has 0 saturated carbocycles. The van der Waals surface area contributed by atoms with Gasteiger partial charge in [0.25, 0.3) is 0 Å². The van der Waals surface area contributed by atoms with E-state index in [0.717, 1.165) is 29.8 Å². The molecule has 3 N–H and O–H groups in total. The van der Waals surface area contributed by atoms with Crippen LogP contribution in [0.4, 0.5) is 5.69 Å². The zero-order chi connectivity index (χ0) is 20.7. The number of hydrogen-bond acceptors (Lipinski definition) is 7. The van der Waals surface area contributed by atoms with Crippen LogP contribution in [0.25, 0.3) is 22.5 Å². The predicted molar refractivity (Wildman–Crippen MR) is 116 cm³/mol. The Morgan fingerprint density at radius 1 is 1.03 bits per heavy atom. The molecule has 0 aliphatic carbocycles. The Bertz CT molecular complexity index is 1060. The molecule has 1 aromatic carbocycles. The number of nitrogens with one attached hydrogen (secondary N) is 2. The second kappa shape index (κ2) is 7.65. The summed E-state index contributed by atoms with van der Waals surface area (Å²) in [5.41, 5.74) is 5.71. The summed E-state index contributed by atoms with van der Waals surface area (Å²) in [5, 5.41) is 35.2. The Balaban J connectivity index is 1.64. The first-order valence-corrected chi connectivity index (χ1v) is 10.6. The predicted octanol–water partition coefficient (Wildman–Crippen LogP) is 3.65. The van der Waals surface area contributed by atoms with Crippen LogP contribution < -0.4 is 10.6 Å². The minimum Gasteiger partial charge on any atom is -0.507 e. The van der Waals surface area contributed by atoms with Gasteiger partial charge in [-0.15, -0.1) is 5.10 Å². The molecule has 0 amide bonds. The number of anilines is 1. The third-order valence-electron chi connectivity index (χ3n) is 6.40. The molecule has 3 aromatic rings. The molecule has 2 fully saturated rings. The number of fused-ring (bicyclic) bond motifs is 2. The Morgan fingerprint density at radius 3 is 2.53 bits per heavy atom. The molecule has 4 heterocycles. The van der Waals surface area contributed by atoms with Gasteiger partial charge in [-0.05, 0) is 56.7 Å². The summed E-state index contributed by atoms with van der Waals surface area (Å²) in [4.78, 5) is 0. The lowest BCUT2D eigenvalue weighted by molar-refractivity contribution is 0.363. The van der Waals surface area contributed by atoms with Crippen LogP contribution in [0.1, 0.15) is 42.9 Å². The van der Waals surface area contributed by atoms with Crippen LogP contribution in [0.15, 0.2) is 36.5 Å². The van der Waals surface area contributed by atoms with Crippen molar-refractivity contribution in [3.63, 3.8) is 0 Å². The molecule has 0 spiro atoms. The summed E-state index contributed by atoms with van der Waals surface area (Å²) in [5.74, 6) is 0.581. The minimum atomic E-state index is 0.156. The van der Waals surface area contributed by atoms with E-state index in [1.165, 1.54) is 18.4 Å². The Kier molecular flexibility index (Phi) is 4.83. The molecule has 2 aliphatic rings. The fourth-order valence-electron chi connectivity index (χ4n) is 5.00. The van der Waals surface area contributed by atoms with Crippen LogP contribution in [0.2, 0.25) is 0 Å². The van der Waals surface area contributed by atoms with Gasteiger partial charge in [0.05, 0.1) is 28.8 Å². The summed E-state index contributed by atoms with van der Waals surface area (Å²) >= 11 is 0. The Hall–Kier alpha value is -3.06. The smallest absolute Gasteiger partial charge is 0.125 e. The van der Waals surface area contributed by atoms with E-state index in [2.05, 4.69) is 31.0 Å². The highest BCUT2D eigenvalue weighted by Crippen LogP contribution is 2.45.